The maximum atomic E-state index is 15.3. The molecular formula is C73H98N2O6. The fraction of sp³-hybridized carbons (Fsp3) is 0.603. The first-order valence-corrected chi connectivity index (χ1v) is 32.8. The van der Waals surface area contributed by atoms with Crippen LogP contribution in [0.4, 0.5) is 0 Å². The normalized spacial score (nSPS) is 13.9. The quantitative estimate of drug-likeness (QED) is 0.00981. The molecule has 0 saturated heterocycles. The van der Waals surface area contributed by atoms with E-state index in [0.717, 1.165) is 93.2 Å². The van der Waals surface area contributed by atoms with Crippen molar-refractivity contribution < 1.29 is 28.7 Å². The Morgan fingerprint density at radius 1 is 0.407 bits per heavy atom. The number of rotatable bonds is 37. The standard InChI is InChI=1S/C73H98N2O6/c1-7-13-18-22-26-28-32-36-40-53(38-34-30-24-20-15-9-3)51-74-70(77)59-47-45-58-65-56(43-48-63(76)81-12-6)50-62-67-60(46-44-57(69(65)67)64-55(42-17-11-5)49-61(72(74)79)66(59)68(58)64)71(78)75(73(62)80)52-54(39-35-31-25-21-16-10-4)41-37-33-29-27-23-19-14-8-2/h44-47,49-50,53-54H,7-16,18-41,51-52H2,1-6H3. The molecule has 81 heavy (non-hydrogen) atoms. The molecule has 7 rings (SSSR count). The third-order valence-electron chi connectivity index (χ3n) is 17.7. The number of benzene rings is 5. The van der Waals surface area contributed by atoms with Gasteiger partial charge in [0.05, 0.1) is 6.61 Å². The highest BCUT2D eigenvalue weighted by molar-refractivity contribution is 6.42. The zero-order valence-electron chi connectivity index (χ0n) is 50.9. The Hall–Kier alpha value is -5.73. The van der Waals surface area contributed by atoms with Crippen molar-refractivity contribution in [1.29, 1.82) is 0 Å². The first kappa shape index (κ1) is 62.9. The molecule has 0 spiro atoms. The first-order valence-electron chi connectivity index (χ1n) is 32.8. The SMILES string of the molecule is CCC#Cc1cc2c3c(ccc4c5c(C#CC(=O)OCC)cc6c7c(ccc(c1c34)c75)C(=O)N(CC(CCCCCCCC)CCCCCCCCCC)C6=O)C(=O)N(CC(CCCCCCCC)CCCCCCCCCC)C2=O. The van der Waals surface area contributed by atoms with Crippen molar-refractivity contribution in [3.05, 3.63) is 69.8 Å². The number of hydrogen-bond acceptors (Lipinski definition) is 6. The van der Waals surface area contributed by atoms with Crippen LogP contribution >= 0.6 is 0 Å². The van der Waals surface area contributed by atoms with E-state index in [0.29, 0.717) is 79.8 Å². The first-order chi connectivity index (χ1) is 39.6. The van der Waals surface area contributed by atoms with E-state index in [9.17, 15) is 4.79 Å². The van der Waals surface area contributed by atoms with E-state index in [1.165, 1.54) is 138 Å². The molecule has 0 bridgehead atoms. The number of amides is 4. The van der Waals surface area contributed by atoms with Crippen molar-refractivity contribution in [3.8, 4) is 23.7 Å². The van der Waals surface area contributed by atoms with Crippen LogP contribution in [-0.4, -0.2) is 59.1 Å². The molecule has 8 heteroatoms. The molecule has 5 aromatic rings. The van der Waals surface area contributed by atoms with Gasteiger partial charge in [0.25, 0.3) is 23.6 Å². The van der Waals surface area contributed by atoms with Crippen LogP contribution in [-0.2, 0) is 9.53 Å². The van der Waals surface area contributed by atoms with Gasteiger partial charge in [0, 0.05) is 91.1 Å². The van der Waals surface area contributed by atoms with Crippen molar-refractivity contribution in [2.45, 2.75) is 253 Å². The number of hydrogen-bond donors (Lipinski definition) is 0. The van der Waals surface area contributed by atoms with Gasteiger partial charge in [-0.2, -0.15) is 0 Å². The van der Waals surface area contributed by atoms with Crippen LogP contribution in [0, 0.1) is 35.5 Å². The topological polar surface area (TPSA) is 101 Å². The molecule has 0 fully saturated rings. The van der Waals surface area contributed by atoms with Gasteiger partial charge in [-0.05, 0) is 79.5 Å². The average Bonchev–Trinajstić information content (AvgIpc) is 3.65. The van der Waals surface area contributed by atoms with E-state index >= 15 is 19.2 Å². The molecule has 0 N–H and O–H groups in total. The summed E-state index contributed by atoms with van der Waals surface area (Å²) < 4.78 is 5.32. The second kappa shape index (κ2) is 32.8. The maximum Gasteiger partial charge on any atom is 0.384 e. The van der Waals surface area contributed by atoms with Gasteiger partial charge in [0.2, 0.25) is 0 Å². The van der Waals surface area contributed by atoms with E-state index in [4.69, 9.17) is 4.74 Å². The third-order valence-corrected chi connectivity index (χ3v) is 17.7. The van der Waals surface area contributed by atoms with Gasteiger partial charge in [0.1, 0.15) is 0 Å². The summed E-state index contributed by atoms with van der Waals surface area (Å²) in [5.74, 6) is 11.1. The minimum absolute atomic E-state index is 0.156. The fourth-order valence-electron chi connectivity index (χ4n) is 13.3. The Bertz CT molecular complexity index is 3050. The molecule has 0 saturated carbocycles. The summed E-state index contributed by atoms with van der Waals surface area (Å²) in [6, 6.07) is 11.3. The zero-order valence-corrected chi connectivity index (χ0v) is 50.9. The van der Waals surface area contributed by atoms with E-state index in [1.54, 1.807) is 13.0 Å². The molecule has 2 heterocycles. The van der Waals surface area contributed by atoms with Crippen LogP contribution in [0.2, 0.25) is 0 Å². The van der Waals surface area contributed by atoms with Crippen molar-refractivity contribution in [3.63, 3.8) is 0 Å². The molecule has 2 unspecified atom stereocenters. The Morgan fingerprint density at radius 2 is 0.741 bits per heavy atom. The smallest absolute Gasteiger partial charge is 0.384 e. The number of unbranched alkanes of at least 4 members (excludes halogenated alkanes) is 24. The number of esters is 1. The van der Waals surface area contributed by atoms with Gasteiger partial charge < -0.3 is 4.74 Å². The number of nitrogens with zero attached hydrogens (tertiary/aromatic N) is 2. The van der Waals surface area contributed by atoms with E-state index in [1.807, 2.05) is 37.3 Å². The average molecular weight is 1100 g/mol. The van der Waals surface area contributed by atoms with Gasteiger partial charge in [-0.1, -0.05) is 244 Å². The van der Waals surface area contributed by atoms with Crippen LogP contribution in [0.3, 0.4) is 0 Å². The highest BCUT2D eigenvalue weighted by Crippen LogP contribution is 2.49. The van der Waals surface area contributed by atoms with Crippen LogP contribution in [0.5, 0.6) is 0 Å². The van der Waals surface area contributed by atoms with Crippen LogP contribution in [0.25, 0.3) is 43.1 Å². The van der Waals surface area contributed by atoms with Crippen LogP contribution in [0.15, 0.2) is 36.4 Å². The molecular weight excluding hydrogens is 1000 g/mol. The molecule has 2 atom stereocenters. The minimum Gasteiger partial charge on any atom is -0.456 e. The highest BCUT2D eigenvalue weighted by atomic mass is 16.5. The molecule has 2 aliphatic heterocycles. The van der Waals surface area contributed by atoms with Gasteiger partial charge in [0.15, 0.2) is 0 Å². The number of carbonyl (C=O) groups excluding carboxylic acids is 5. The van der Waals surface area contributed by atoms with Crippen molar-refractivity contribution in [2.75, 3.05) is 19.7 Å². The molecule has 436 valence electrons. The largest absolute Gasteiger partial charge is 0.456 e. The predicted molar refractivity (Wildman–Crippen MR) is 336 cm³/mol. The van der Waals surface area contributed by atoms with Gasteiger partial charge in [-0.25, -0.2) is 4.79 Å². The van der Waals surface area contributed by atoms with Crippen LogP contribution < -0.4 is 0 Å². The number of imide groups is 2. The summed E-state index contributed by atoms with van der Waals surface area (Å²) in [7, 11) is 0. The predicted octanol–water partition coefficient (Wildman–Crippen LogP) is 19.4. The Kier molecular flexibility index (Phi) is 25.4. The summed E-state index contributed by atoms with van der Waals surface area (Å²) in [5, 5.41) is 5.44. The summed E-state index contributed by atoms with van der Waals surface area (Å²) >= 11 is 0. The lowest BCUT2D eigenvalue weighted by Gasteiger charge is -2.33. The van der Waals surface area contributed by atoms with Gasteiger partial charge >= 0.3 is 5.97 Å². The zero-order chi connectivity index (χ0) is 57.5. The Labute approximate surface area is 487 Å². The maximum absolute atomic E-state index is 15.3. The van der Waals surface area contributed by atoms with E-state index in [2.05, 4.69) is 51.4 Å². The van der Waals surface area contributed by atoms with E-state index < -0.39 is 5.97 Å². The fourth-order valence-corrected chi connectivity index (χ4v) is 13.3. The number of carbonyl (C=O) groups is 5. The second-order valence-corrected chi connectivity index (χ2v) is 24.0. The monoisotopic (exact) mass is 1100 g/mol. The molecule has 2 aliphatic rings. The lowest BCUT2D eigenvalue weighted by atomic mass is 9.79. The minimum atomic E-state index is -0.687. The lowest BCUT2D eigenvalue weighted by molar-refractivity contribution is -0.136. The summed E-state index contributed by atoms with van der Waals surface area (Å²) in [4.78, 5) is 76.9. The van der Waals surface area contributed by atoms with Gasteiger partial charge in [-0.3, -0.25) is 29.0 Å². The van der Waals surface area contributed by atoms with Crippen LogP contribution in [0.1, 0.15) is 306 Å². The van der Waals surface area contributed by atoms with E-state index in [-0.39, 0.29) is 42.1 Å². The molecule has 0 aromatic heterocycles. The lowest BCUT2D eigenvalue weighted by Crippen LogP contribution is -2.43. The molecule has 4 amide bonds. The third kappa shape index (κ3) is 15.9. The van der Waals surface area contributed by atoms with Crippen molar-refractivity contribution >= 4 is 72.7 Å². The van der Waals surface area contributed by atoms with Crippen molar-refractivity contribution in [2.24, 2.45) is 11.8 Å². The molecule has 0 aliphatic carbocycles. The summed E-state index contributed by atoms with van der Waals surface area (Å²) in [6.07, 6.45) is 38.4. The summed E-state index contributed by atoms with van der Waals surface area (Å²) in [5.41, 5.74) is 2.85. The molecule has 0 radical (unpaired) electrons. The Balaban J connectivity index is 1.30. The van der Waals surface area contributed by atoms with Crippen molar-refractivity contribution in [1.82, 2.24) is 9.80 Å². The number of ether oxygens (including phenoxy) is 1. The van der Waals surface area contributed by atoms with Gasteiger partial charge in [-0.15, -0.1) is 0 Å². The molecule has 8 nitrogen and oxygen atoms in total. The number of fused-ring (bicyclic) bond motifs is 2. The molecule has 5 aromatic carbocycles. The second-order valence-electron chi connectivity index (χ2n) is 24.0. The Morgan fingerprint density at radius 3 is 1.09 bits per heavy atom. The highest BCUT2D eigenvalue weighted by Gasteiger charge is 2.39. The summed E-state index contributed by atoms with van der Waals surface area (Å²) in [6.45, 7) is 13.6.